The van der Waals surface area contributed by atoms with E-state index in [9.17, 15) is 0 Å². The van der Waals surface area contributed by atoms with E-state index in [0.717, 1.165) is 19.5 Å². The fourth-order valence-electron chi connectivity index (χ4n) is 3.42. The van der Waals surface area contributed by atoms with Gasteiger partial charge in [0.1, 0.15) is 0 Å². The minimum absolute atomic E-state index is 0. The molecule has 0 atom stereocenters. The SMILES string of the molecule is CN(C)CCC[n+]1c2cc(N(C)C)ccc2cc2ccc(N(C)C)cc21.[I-]. The van der Waals surface area contributed by atoms with Gasteiger partial charge in [0.25, 0.3) is 0 Å². The first-order chi connectivity index (χ1) is 12.4. The molecule has 5 heteroatoms. The average Bonchev–Trinajstić information content (AvgIpc) is 2.59. The highest BCUT2D eigenvalue weighted by Gasteiger charge is 2.17. The van der Waals surface area contributed by atoms with Gasteiger partial charge in [-0.2, -0.15) is 4.57 Å². The molecule has 0 aliphatic heterocycles. The largest absolute Gasteiger partial charge is 1.00 e. The molecule has 1 aromatic heterocycles. The third-order valence-electron chi connectivity index (χ3n) is 4.94. The average molecular weight is 478 g/mol. The van der Waals surface area contributed by atoms with Crippen molar-refractivity contribution in [2.24, 2.45) is 0 Å². The smallest absolute Gasteiger partial charge is 0.215 e. The topological polar surface area (TPSA) is 13.6 Å². The molecule has 0 fully saturated rings. The number of nitrogens with zero attached hydrogens (tertiary/aromatic N) is 4. The molecule has 3 aromatic rings. The minimum Gasteiger partial charge on any atom is -1.00 e. The van der Waals surface area contributed by atoms with Crippen LogP contribution >= 0.6 is 0 Å². The van der Waals surface area contributed by atoms with Crippen LogP contribution < -0.4 is 38.3 Å². The van der Waals surface area contributed by atoms with Crippen LogP contribution in [0.15, 0.2) is 42.5 Å². The molecule has 0 aliphatic carbocycles. The van der Waals surface area contributed by atoms with E-state index in [-0.39, 0.29) is 24.0 Å². The Hall–Kier alpha value is -1.60. The van der Waals surface area contributed by atoms with Crippen molar-refractivity contribution in [2.75, 3.05) is 58.6 Å². The molecule has 0 N–H and O–H groups in total. The van der Waals surface area contributed by atoms with Crippen molar-refractivity contribution in [1.29, 1.82) is 0 Å². The minimum atomic E-state index is 0. The van der Waals surface area contributed by atoms with Gasteiger partial charge in [-0.15, -0.1) is 0 Å². The van der Waals surface area contributed by atoms with Crippen LogP contribution in [0.1, 0.15) is 6.42 Å². The molecule has 4 nitrogen and oxygen atoms in total. The molecule has 0 unspecified atom stereocenters. The summed E-state index contributed by atoms with van der Waals surface area (Å²) in [6, 6.07) is 15.8. The fraction of sp³-hybridized carbons (Fsp3) is 0.409. The lowest BCUT2D eigenvalue weighted by atomic mass is 10.1. The Morgan fingerprint density at radius 1 is 0.704 bits per heavy atom. The van der Waals surface area contributed by atoms with Gasteiger partial charge >= 0.3 is 0 Å². The first-order valence-electron chi connectivity index (χ1n) is 9.26. The van der Waals surface area contributed by atoms with Crippen molar-refractivity contribution >= 4 is 33.2 Å². The van der Waals surface area contributed by atoms with Crippen LogP contribution in [-0.4, -0.2) is 53.7 Å². The van der Waals surface area contributed by atoms with E-state index in [0.29, 0.717) is 0 Å². The van der Waals surface area contributed by atoms with Crippen LogP contribution in [0.5, 0.6) is 0 Å². The molecular weight excluding hydrogens is 447 g/mol. The molecule has 27 heavy (non-hydrogen) atoms. The third-order valence-corrected chi connectivity index (χ3v) is 4.94. The van der Waals surface area contributed by atoms with E-state index in [1.165, 1.54) is 33.2 Å². The molecule has 0 saturated heterocycles. The summed E-state index contributed by atoms with van der Waals surface area (Å²) in [7, 11) is 12.7. The van der Waals surface area contributed by atoms with Gasteiger partial charge in [-0.3, -0.25) is 0 Å². The summed E-state index contributed by atoms with van der Waals surface area (Å²) in [5.41, 5.74) is 5.08. The van der Waals surface area contributed by atoms with E-state index in [4.69, 9.17) is 0 Å². The van der Waals surface area contributed by atoms with Crippen molar-refractivity contribution in [3.8, 4) is 0 Å². The summed E-state index contributed by atoms with van der Waals surface area (Å²) >= 11 is 0. The van der Waals surface area contributed by atoms with E-state index in [1.54, 1.807) is 0 Å². The lowest BCUT2D eigenvalue weighted by molar-refractivity contribution is -0.645. The number of halogens is 1. The normalized spacial score (nSPS) is 11.1. The van der Waals surface area contributed by atoms with Gasteiger partial charge in [0.15, 0.2) is 6.54 Å². The van der Waals surface area contributed by atoms with Crippen LogP contribution in [0.3, 0.4) is 0 Å². The van der Waals surface area contributed by atoms with Gasteiger partial charge in [0.2, 0.25) is 11.0 Å². The highest BCUT2D eigenvalue weighted by atomic mass is 127. The number of rotatable bonds is 6. The molecule has 3 rings (SSSR count). The van der Waals surface area contributed by atoms with Crippen LogP contribution in [0.2, 0.25) is 0 Å². The third kappa shape index (κ3) is 4.82. The van der Waals surface area contributed by atoms with Crippen LogP contribution in [0.25, 0.3) is 21.8 Å². The number of hydrogen-bond donors (Lipinski definition) is 0. The molecule has 0 radical (unpaired) electrons. The zero-order chi connectivity index (χ0) is 18.8. The summed E-state index contributed by atoms with van der Waals surface area (Å²) in [5.74, 6) is 0. The molecule has 0 aliphatic rings. The summed E-state index contributed by atoms with van der Waals surface area (Å²) in [4.78, 5) is 6.60. The van der Waals surface area contributed by atoms with Gasteiger partial charge in [0, 0.05) is 75.4 Å². The Balaban J connectivity index is 0.00000261. The van der Waals surface area contributed by atoms with Gasteiger partial charge in [-0.1, -0.05) is 0 Å². The summed E-state index contributed by atoms with van der Waals surface area (Å²) in [6.07, 6.45) is 1.13. The Labute approximate surface area is 180 Å². The van der Waals surface area contributed by atoms with Crippen molar-refractivity contribution in [1.82, 2.24) is 4.90 Å². The highest BCUT2D eigenvalue weighted by molar-refractivity contribution is 5.91. The number of aromatic nitrogens is 1. The summed E-state index contributed by atoms with van der Waals surface area (Å²) in [6.45, 7) is 2.10. The Morgan fingerprint density at radius 3 is 1.59 bits per heavy atom. The van der Waals surface area contributed by atoms with Crippen LogP contribution in [-0.2, 0) is 6.54 Å². The molecule has 2 aromatic carbocycles. The van der Waals surface area contributed by atoms with E-state index in [2.05, 4.69) is 104 Å². The summed E-state index contributed by atoms with van der Waals surface area (Å²) < 4.78 is 2.49. The number of pyridine rings is 1. The van der Waals surface area contributed by atoms with E-state index >= 15 is 0 Å². The van der Waals surface area contributed by atoms with Crippen LogP contribution in [0.4, 0.5) is 11.4 Å². The second-order valence-electron chi connectivity index (χ2n) is 7.73. The predicted octanol–water partition coefficient (Wildman–Crippen LogP) is 0.368. The lowest BCUT2D eigenvalue weighted by Gasteiger charge is -2.15. The molecule has 146 valence electrons. The van der Waals surface area contributed by atoms with E-state index in [1.807, 2.05) is 0 Å². The maximum Gasteiger partial charge on any atom is 0.215 e. The first kappa shape index (κ1) is 21.7. The molecule has 1 heterocycles. The van der Waals surface area contributed by atoms with Crippen molar-refractivity contribution in [3.05, 3.63) is 42.5 Å². The number of anilines is 2. The van der Waals surface area contributed by atoms with Gasteiger partial charge < -0.3 is 38.7 Å². The number of benzene rings is 2. The van der Waals surface area contributed by atoms with Gasteiger partial charge in [0.05, 0.1) is 0 Å². The second kappa shape index (κ2) is 9.06. The van der Waals surface area contributed by atoms with Crippen molar-refractivity contribution in [2.45, 2.75) is 13.0 Å². The lowest BCUT2D eigenvalue weighted by Crippen LogP contribution is -3.00. The Kier molecular flexibility index (Phi) is 7.28. The standard InChI is InChI=1S/C22H31N4.HI/c1-23(2)12-7-13-26-21-15-19(24(3)4)10-8-17(21)14-18-9-11-20(25(5)6)16-22(18)26;/h8-11,14-16H,7,12-13H2,1-6H3;1H/q+1;/p-1. The molecule has 0 spiro atoms. The monoisotopic (exact) mass is 478 g/mol. The molecular formula is C22H31IN4. The van der Waals surface area contributed by atoms with Crippen molar-refractivity contribution < 1.29 is 28.5 Å². The maximum absolute atomic E-state index is 2.49. The molecule has 0 amide bonds. The first-order valence-corrected chi connectivity index (χ1v) is 9.26. The number of fused-ring (bicyclic) bond motifs is 2. The molecule has 0 saturated carbocycles. The number of hydrogen-bond acceptors (Lipinski definition) is 3. The zero-order valence-corrected chi connectivity index (χ0v) is 19.5. The quantitative estimate of drug-likeness (QED) is 0.289. The van der Waals surface area contributed by atoms with Crippen molar-refractivity contribution in [3.63, 3.8) is 0 Å². The maximum atomic E-state index is 2.49. The van der Waals surface area contributed by atoms with Gasteiger partial charge in [-0.25, -0.2) is 0 Å². The highest BCUT2D eigenvalue weighted by Crippen LogP contribution is 2.25. The zero-order valence-electron chi connectivity index (χ0n) is 17.3. The van der Waals surface area contributed by atoms with Crippen LogP contribution in [0, 0.1) is 0 Å². The predicted molar refractivity (Wildman–Crippen MR) is 113 cm³/mol. The van der Waals surface area contributed by atoms with E-state index < -0.39 is 0 Å². The van der Waals surface area contributed by atoms with Gasteiger partial charge in [-0.05, 0) is 44.4 Å². The Morgan fingerprint density at radius 2 is 1.19 bits per heavy atom. The molecule has 0 bridgehead atoms. The number of aryl methyl sites for hydroxylation is 1. The Bertz CT molecular complexity index is 853. The summed E-state index contributed by atoms with van der Waals surface area (Å²) in [5, 5.41) is 2.59. The fourth-order valence-corrected chi connectivity index (χ4v) is 3.42. The second-order valence-corrected chi connectivity index (χ2v) is 7.73.